The second kappa shape index (κ2) is 5.32. The molecule has 0 fully saturated rings. The molecule has 1 aromatic heterocycles. The van der Waals surface area contributed by atoms with E-state index in [9.17, 15) is 4.79 Å². The molecule has 16 heavy (non-hydrogen) atoms. The van der Waals surface area contributed by atoms with Gasteiger partial charge < -0.3 is 4.74 Å². The Hall–Kier alpha value is -1.81. The van der Waals surface area contributed by atoms with Crippen LogP contribution in [0, 0.1) is 6.07 Å². The number of thiophene rings is 1. The van der Waals surface area contributed by atoms with E-state index in [0.717, 1.165) is 4.88 Å². The summed E-state index contributed by atoms with van der Waals surface area (Å²) < 4.78 is 5.04. The van der Waals surface area contributed by atoms with Crippen LogP contribution < -0.4 is 5.32 Å². The van der Waals surface area contributed by atoms with Gasteiger partial charge in [0.25, 0.3) is 0 Å². The first-order chi connectivity index (χ1) is 7.84. The van der Waals surface area contributed by atoms with Crippen LogP contribution in [0.4, 0.5) is 10.5 Å². The van der Waals surface area contributed by atoms with E-state index < -0.39 is 6.09 Å². The predicted octanol–water partition coefficient (Wildman–Crippen LogP) is 3.30. The van der Waals surface area contributed by atoms with E-state index in [1.54, 1.807) is 35.6 Å². The third-order valence-corrected chi connectivity index (χ3v) is 2.73. The average molecular weight is 232 g/mol. The smallest absolute Gasteiger partial charge is 0.411 e. The molecule has 0 aliphatic carbocycles. The second-order valence-electron chi connectivity index (χ2n) is 3.07. The van der Waals surface area contributed by atoms with Gasteiger partial charge in [-0.25, -0.2) is 4.79 Å². The highest BCUT2D eigenvalue weighted by Gasteiger charge is 2.03. The van der Waals surface area contributed by atoms with Crippen LogP contribution in [0.2, 0.25) is 0 Å². The number of anilines is 1. The molecule has 2 aromatic rings. The third-order valence-electron chi connectivity index (χ3n) is 1.88. The monoisotopic (exact) mass is 232 g/mol. The molecule has 1 heterocycles. The van der Waals surface area contributed by atoms with Crippen LogP contribution in [-0.2, 0) is 11.3 Å². The van der Waals surface area contributed by atoms with Crippen molar-refractivity contribution >= 4 is 23.1 Å². The highest BCUT2D eigenvalue weighted by molar-refractivity contribution is 7.09. The number of carbonyl (C=O) groups excluding carboxylic acids is 1. The Morgan fingerprint density at radius 3 is 3.06 bits per heavy atom. The number of ether oxygens (including phenoxy) is 1. The van der Waals surface area contributed by atoms with E-state index >= 15 is 0 Å². The number of carbonyl (C=O) groups is 1. The van der Waals surface area contributed by atoms with Crippen molar-refractivity contribution in [1.82, 2.24) is 0 Å². The van der Waals surface area contributed by atoms with Crippen molar-refractivity contribution in [3.8, 4) is 0 Å². The van der Waals surface area contributed by atoms with E-state index in [-0.39, 0.29) is 0 Å². The van der Waals surface area contributed by atoms with Gasteiger partial charge in [-0.15, -0.1) is 11.3 Å². The Morgan fingerprint density at radius 2 is 2.38 bits per heavy atom. The van der Waals surface area contributed by atoms with E-state index in [1.165, 1.54) is 0 Å². The van der Waals surface area contributed by atoms with Crippen LogP contribution in [0.3, 0.4) is 0 Å². The fourth-order valence-electron chi connectivity index (χ4n) is 1.16. The minimum absolute atomic E-state index is 0.306. The number of amides is 1. The first-order valence-corrected chi connectivity index (χ1v) is 5.65. The highest BCUT2D eigenvalue weighted by Crippen LogP contribution is 2.10. The molecule has 0 saturated heterocycles. The molecule has 3 nitrogen and oxygen atoms in total. The van der Waals surface area contributed by atoms with Crippen molar-refractivity contribution in [1.29, 1.82) is 0 Å². The lowest BCUT2D eigenvalue weighted by Crippen LogP contribution is -2.12. The maximum Gasteiger partial charge on any atom is 0.411 e. The zero-order valence-corrected chi connectivity index (χ0v) is 9.29. The summed E-state index contributed by atoms with van der Waals surface area (Å²) in [5.41, 5.74) is 0.679. The largest absolute Gasteiger partial charge is 0.444 e. The maximum absolute atomic E-state index is 11.4. The first kappa shape index (κ1) is 10.7. The molecule has 0 aliphatic heterocycles. The van der Waals surface area contributed by atoms with Gasteiger partial charge in [0, 0.05) is 10.6 Å². The van der Waals surface area contributed by atoms with Crippen LogP contribution in [0.5, 0.6) is 0 Å². The normalized spacial score (nSPS) is 9.75. The summed E-state index contributed by atoms with van der Waals surface area (Å²) in [5.74, 6) is 0. The van der Waals surface area contributed by atoms with Gasteiger partial charge in [0.1, 0.15) is 6.61 Å². The molecule has 0 bridgehead atoms. The summed E-state index contributed by atoms with van der Waals surface area (Å²) in [6, 6.07) is 13.8. The number of rotatable bonds is 3. The van der Waals surface area contributed by atoms with Gasteiger partial charge in [-0.1, -0.05) is 18.2 Å². The molecule has 0 atom stereocenters. The van der Waals surface area contributed by atoms with Gasteiger partial charge in [0.05, 0.1) is 0 Å². The predicted molar refractivity (Wildman–Crippen MR) is 63.4 cm³/mol. The molecule has 1 N–H and O–H groups in total. The number of hydrogen-bond acceptors (Lipinski definition) is 3. The molecule has 1 radical (unpaired) electrons. The van der Waals surface area contributed by atoms with Gasteiger partial charge in [-0.2, -0.15) is 0 Å². The molecule has 4 heteroatoms. The fourth-order valence-corrected chi connectivity index (χ4v) is 1.77. The van der Waals surface area contributed by atoms with Gasteiger partial charge in [0.2, 0.25) is 0 Å². The van der Waals surface area contributed by atoms with Gasteiger partial charge in [-0.05, 0) is 29.6 Å². The van der Waals surface area contributed by atoms with Crippen LogP contribution >= 0.6 is 11.3 Å². The Labute approximate surface area is 97.7 Å². The van der Waals surface area contributed by atoms with Crippen molar-refractivity contribution in [2.24, 2.45) is 0 Å². The van der Waals surface area contributed by atoms with Gasteiger partial charge in [-0.3, -0.25) is 5.32 Å². The number of benzene rings is 1. The quantitative estimate of drug-likeness (QED) is 0.881. The summed E-state index contributed by atoms with van der Waals surface area (Å²) >= 11 is 1.56. The van der Waals surface area contributed by atoms with Crippen molar-refractivity contribution in [3.63, 3.8) is 0 Å². The zero-order chi connectivity index (χ0) is 11.2. The van der Waals surface area contributed by atoms with Crippen molar-refractivity contribution < 1.29 is 9.53 Å². The Bertz CT molecular complexity index is 439. The summed E-state index contributed by atoms with van der Waals surface area (Å²) in [6.07, 6.45) is -0.451. The van der Waals surface area contributed by atoms with Crippen LogP contribution in [0.25, 0.3) is 0 Å². The van der Waals surface area contributed by atoms with E-state index in [2.05, 4.69) is 11.4 Å². The molecule has 2 rings (SSSR count). The van der Waals surface area contributed by atoms with Crippen molar-refractivity contribution in [3.05, 3.63) is 52.7 Å². The number of nitrogens with one attached hydrogen (secondary N) is 1. The number of hydrogen-bond donors (Lipinski definition) is 1. The fraction of sp³-hybridized carbons (Fsp3) is 0.0833. The van der Waals surface area contributed by atoms with Crippen LogP contribution in [-0.4, -0.2) is 6.09 Å². The van der Waals surface area contributed by atoms with E-state index in [4.69, 9.17) is 4.74 Å². The lowest BCUT2D eigenvalue weighted by Gasteiger charge is -2.05. The Kier molecular flexibility index (Phi) is 3.56. The maximum atomic E-state index is 11.4. The zero-order valence-electron chi connectivity index (χ0n) is 8.47. The topological polar surface area (TPSA) is 38.3 Å². The minimum atomic E-state index is -0.451. The highest BCUT2D eigenvalue weighted by atomic mass is 32.1. The minimum Gasteiger partial charge on any atom is -0.444 e. The standard InChI is InChI=1S/C12H10NO2S/c14-12(13-10-5-2-1-3-6-10)15-9-11-7-4-8-16-11/h1-2,4-8H,9H2,(H,13,14). The molecular formula is C12H10NO2S. The van der Waals surface area contributed by atoms with Crippen LogP contribution in [0.15, 0.2) is 41.8 Å². The van der Waals surface area contributed by atoms with E-state index in [1.807, 2.05) is 17.5 Å². The SMILES string of the molecule is O=C(Nc1c[c]ccc1)OCc1cccs1. The molecular weight excluding hydrogens is 222 g/mol. The Morgan fingerprint density at radius 1 is 1.44 bits per heavy atom. The molecule has 1 aromatic carbocycles. The first-order valence-electron chi connectivity index (χ1n) is 4.77. The average Bonchev–Trinajstić information content (AvgIpc) is 2.81. The van der Waals surface area contributed by atoms with Crippen molar-refractivity contribution in [2.45, 2.75) is 6.61 Å². The molecule has 0 spiro atoms. The Balaban J connectivity index is 1.81. The van der Waals surface area contributed by atoms with E-state index in [0.29, 0.717) is 12.3 Å². The summed E-state index contributed by atoms with van der Waals surface area (Å²) in [5, 5.41) is 4.56. The van der Waals surface area contributed by atoms with Crippen molar-refractivity contribution in [2.75, 3.05) is 5.32 Å². The van der Waals surface area contributed by atoms with Crippen LogP contribution in [0.1, 0.15) is 4.88 Å². The van der Waals surface area contributed by atoms with Gasteiger partial charge in [0.15, 0.2) is 0 Å². The molecule has 81 valence electrons. The molecule has 0 unspecified atom stereocenters. The lowest BCUT2D eigenvalue weighted by molar-refractivity contribution is 0.156. The van der Waals surface area contributed by atoms with Gasteiger partial charge >= 0.3 is 6.09 Å². The lowest BCUT2D eigenvalue weighted by atomic mass is 10.3. The summed E-state index contributed by atoms with van der Waals surface area (Å²) in [6.45, 7) is 0.306. The molecule has 1 amide bonds. The third kappa shape index (κ3) is 3.10. The summed E-state index contributed by atoms with van der Waals surface area (Å²) in [4.78, 5) is 12.4. The summed E-state index contributed by atoms with van der Waals surface area (Å²) in [7, 11) is 0. The second-order valence-corrected chi connectivity index (χ2v) is 4.10. The molecule has 0 aliphatic rings. The molecule has 0 saturated carbocycles.